The van der Waals surface area contributed by atoms with Gasteiger partial charge in [-0.15, -0.1) is 0 Å². The minimum absolute atomic E-state index is 0.0554. The Morgan fingerprint density at radius 1 is 1.50 bits per heavy atom. The number of carbonyl (C=O) groups excluding carboxylic acids is 2. The van der Waals surface area contributed by atoms with Crippen LogP contribution in [0.1, 0.15) is 17.8 Å². The van der Waals surface area contributed by atoms with Crippen LogP contribution in [0.3, 0.4) is 0 Å². The van der Waals surface area contributed by atoms with E-state index in [-0.39, 0.29) is 25.4 Å². The first-order valence-electron chi connectivity index (χ1n) is 6.48. The average Bonchev–Trinajstić information content (AvgIpc) is 2.92. The van der Waals surface area contributed by atoms with E-state index in [1.165, 1.54) is 12.0 Å². The molecule has 20 heavy (non-hydrogen) atoms. The lowest BCUT2D eigenvalue weighted by atomic mass is 10.2. The summed E-state index contributed by atoms with van der Waals surface area (Å²) in [6.07, 6.45) is -0.473. The highest BCUT2D eigenvalue weighted by Crippen LogP contribution is 2.19. The van der Waals surface area contributed by atoms with Crippen molar-refractivity contribution in [1.82, 2.24) is 14.7 Å². The first kappa shape index (κ1) is 14.5. The Hall–Kier alpha value is -1.89. The molecule has 2 rings (SSSR count). The third-order valence-corrected chi connectivity index (χ3v) is 3.46. The number of likely N-dealkylation sites (tertiary alicyclic amines) is 1. The summed E-state index contributed by atoms with van der Waals surface area (Å²) >= 11 is 0. The Labute approximate surface area is 117 Å². The predicted octanol–water partition coefficient (Wildman–Crippen LogP) is -0.365. The molecule has 7 nitrogen and oxygen atoms in total. The van der Waals surface area contributed by atoms with Crippen LogP contribution in [0.4, 0.5) is 0 Å². The van der Waals surface area contributed by atoms with Gasteiger partial charge < -0.3 is 14.7 Å². The van der Waals surface area contributed by atoms with Crippen molar-refractivity contribution in [2.24, 2.45) is 0 Å². The molecule has 0 spiro atoms. The molecule has 0 bridgehead atoms. The highest BCUT2D eigenvalue weighted by atomic mass is 16.5. The number of esters is 1. The van der Waals surface area contributed by atoms with Gasteiger partial charge in [0.15, 0.2) is 0 Å². The summed E-state index contributed by atoms with van der Waals surface area (Å²) in [5.41, 5.74) is 1.71. The van der Waals surface area contributed by atoms with Gasteiger partial charge in [0.1, 0.15) is 12.6 Å². The monoisotopic (exact) mass is 281 g/mol. The number of nitrogens with zero attached hydrogens (tertiary/aromatic N) is 3. The Morgan fingerprint density at radius 3 is 2.75 bits per heavy atom. The van der Waals surface area contributed by atoms with Gasteiger partial charge in [-0.2, -0.15) is 5.10 Å². The maximum atomic E-state index is 12.3. The van der Waals surface area contributed by atoms with Crippen molar-refractivity contribution in [2.75, 3.05) is 13.7 Å². The van der Waals surface area contributed by atoms with E-state index in [4.69, 9.17) is 0 Å². The van der Waals surface area contributed by atoms with E-state index in [2.05, 4.69) is 9.84 Å². The van der Waals surface area contributed by atoms with Gasteiger partial charge >= 0.3 is 5.97 Å². The zero-order chi connectivity index (χ0) is 14.9. The molecule has 1 aliphatic rings. The van der Waals surface area contributed by atoms with Crippen LogP contribution < -0.4 is 0 Å². The topological polar surface area (TPSA) is 84.7 Å². The number of aromatic nitrogens is 2. The van der Waals surface area contributed by atoms with Crippen LogP contribution in [0.5, 0.6) is 0 Å². The lowest BCUT2D eigenvalue weighted by Crippen LogP contribution is -2.43. The van der Waals surface area contributed by atoms with Crippen molar-refractivity contribution in [3.8, 4) is 0 Å². The fourth-order valence-corrected chi connectivity index (χ4v) is 2.50. The molecule has 1 saturated heterocycles. The van der Waals surface area contributed by atoms with Gasteiger partial charge in [0.05, 0.1) is 18.9 Å². The number of amides is 1. The first-order valence-corrected chi connectivity index (χ1v) is 6.48. The van der Waals surface area contributed by atoms with Crippen LogP contribution in [-0.4, -0.2) is 57.5 Å². The van der Waals surface area contributed by atoms with Gasteiger partial charge in [0.25, 0.3) is 0 Å². The van der Waals surface area contributed by atoms with E-state index < -0.39 is 18.1 Å². The van der Waals surface area contributed by atoms with Crippen molar-refractivity contribution in [2.45, 2.75) is 39.0 Å². The van der Waals surface area contributed by atoms with E-state index in [1.54, 1.807) is 4.68 Å². The number of rotatable bonds is 3. The van der Waals surface area contributed by atoms with E-state index in [0.717, 1.165) is 11.4 Å². The van der Waals surface area contributed by atoms with Crippen molar-refractivity contribution in [3.05, 3.63) is 17.5 Å². The number of hydrogen-bond donors (Lipinski definition) is 1. The number of β-amino-alcohol motifs (C(OH)–C–C–N with tert-alkyl or cyclic N) is 1. The largest absolute Gasteiger partial charge is 0.467 e. The summed E-state index contributed by atoms with van der Waals surface area (Å²) in [4.78, 5) is 25.3. The molecule has 0 radical (unpaired) electrons. The summed E-state index contributed by atoms with van der Waals surface area (Å²) in [5.74, 6) is -0.744. The molecule has 0 aromatic carbocycles. The predicted molar refractivity (Wildman–Crippen MR) is 69.8 cm³/mol. The van der Waals surface area contributed by atoms with Gasteiger partial charge in [0, 0.05) is 18.7 Å². The van der Waals surface area contributed by atoms with E-state index in [1.807, 2.05) is 19.9 Å². The van der Waals surface area contributed by atoms with Gasteiger partial charge in [-0.25, -0.2) is 4.79 Å². The maximum absolute atomic E-state index is 12.3. The fraction of sp³-hybridized carbons (Fsp3) is 0.615. The van der Waals surface area contributed by atoms with Crippen molar-refractivity contribution < 1.29 is 19.4 Å². The van der Waals surface area contributed by atoms with Crippen molar-refractivity contribution >= 4 is 11.9 Å². The standard InChI is InChI=1S/C13H19N3O4/c1-8-4-9(2)16(14-8)7-12(18)15-6-10(17)5-11(15)13(19)20-3/h4,10-11,17H,5-7H2,1-3H3. The molecule has 110 valence electrons. The summed E-state index contributed by atoms with van der Waals surface area (Å²) < 4.78 is 6.27. The minimum atomic E-state index is -0.709. The second kappa shape index (κ2) is 5.62. The van der Waals surface area contributed by atoms with Crippen LogP contribution in [0.25, 0.3) is 0 Å². The summed E-state index contributed by atoms with van der Waals surface area (Å²) in [7, 11) is 1.27. The van der Waals surface area contributed by atoms with Crippen molar-refractivity contribution in [3.63, 3.8) is 0 Å². The fourth-order valence-electron chi connectivity index (χ4n) is 2.50. The van der Waals surface area contributed by atoms with Gasteiger partial charge in [-0.05, 0) is 19.9 Å². The van der Waals surface area contributed by atoms with E-state index in [9.17, 15) is 14.7 Å². The number of aliphatic hydroxyl groups is 1. The Kier molecular flexibility index (Phi) is 4.08. The molecule has 2 unspecified atom stereocenters. The highest BCUT2D eigenvalue weighted by Gasteiger charge is 2.39. The summed E-state index contributed by atoms with van der Waals surface area (Å²) in [5, 5.41) is 13.9. The first-order chi connectivity index (χ1) is 9.42. The molecule has 2 atom stereocenters. The molecule has 1 N–H and O–H groups in total. The van der Waals surface area contributed by atoms with Crippen molar-refractivity contribution in [1.29, 1.82) is 0 Å². The lowest BCUT2D eigenvalue weighted by molar-refractivity contribution is -0.151. The number of ether oxygens (including phenoxy) is 1. The normalized spacial score (nSPS) is 22.1. The summed E-state index contributed by atoms with van der Waals surface area (Å²) in [6.45, 7) is 3.92. The average molecular weight is 281 g/mol. The minimum Gasteiger partial charge on any atom is -0.467 e. The Morgan fingerprint density at radius 2 is 2.20 bits per heavy atom. The number of hydrogen-bond acceptors (Lipinski definition) is 5. The maximum Gasteiger partial charge on any atom is 0.328 e. The lowest BCUT2D eigenvalue weighted by Gasteiger charge is -2.22. The molecule has 1 amide bonds. The van der Waals surface area contributed by atoms with E-state index >= 15 is 0 Å². The van der Waals surface area contributed by atoms with Gasteiger partial charge in [0.2, 0.25) is 5.91 Å². The molecule has 2 heterocycles. The van der Waals surface area contributed by atoms with Crippen LogP contribution in [0.15, 0.2) is 6.07 Å². The molecular weight excluding hydrogens is 262 g/mol. The third kappa shape index (κ3) is 2.82. The SMILES string of the molecule is COC(=O)C1CC(O)CN1C(=O)Cn1nc(C)cc1C. The van der Waals surface area contributed by atoms with Gasteiger partial charge in [-0.1, -0.05) is 0 Å². The van der Waals surface area contributed by atoms with Crippen LogP contribution in [0.2, 0.25) is 0 Å². The number of methoxy groups -OCH3 is 1. The van der Waals surface area contributed by atoms with E-state index in [0.29, 0.717) is 0 Å². The molecule has 1 fully saturated rings. The number of aliphatic hydroxyl groups excluding tert-OH is 1. The number of carbonyl (C=O) groups is 2. The smallest absolute Gasteiger partial charge is 0.328 e. The zero-order valence-corrected chi connectivity index (χ0v) is 11.9. The molecule has 7 heteroatoms. The second-order valence-corrected chi connectivity index (χ2v) is 5.06. The molecule has 1 aromatic heterocycles. The number of aryl methyl sites for hydroxylation is 2. The zero-order valence-electron chi connectivity index (χ0n) is 11.9. The molecule has 0 saturated carbocycles. The summed E-state index contributed by atoms with van der Waals surface area (Å²) in [6, 6.07) is 1.17. The van der Waals surface area contributed by atoms with Gasteiger partial charge in [-0.3, -0.25) is 9.48 Å². The Bertz CT molecular complexity index is 526. The molecule has 0 aliphatic carbocycles. The quantitative estimate of drug-likeness (QED) is 0.764. The van der Waals surface area contributed by atoms with Crippen LogP contribution >= 0.6 is 0 Å². The second-order valence-electron chi connectivity index (χ2n) is 5.06. The van der Waals surface area contributed by atoms with Crippen LogP contribution in [-0.2, 0) is 20.9 Å². The Balaban J connectivity index is 2.11. The highest BCUT2D eigenvalue weighted by molar-refractivity contribution is 5.85. The third-order valence-electron chi connectivity index (χ3n) is 3.46. The molecule has 1 aromatic rings. The molecule has 1 aliphatic heterocycles. The molecular formula is C13H19N3O4. The van der Waals surface area contributed by atoms with Crippen LogP contribution in [0, 0.1) is 13.8 Å².